The number of carbonyl (C=O) groups is 1. The van der Waals surface area contributed by atoms with E-state index in [4.69, 9.17) is 9.40 Å². The van der Waals surface area contributed by atoms with Crippen LogP contribution in [0.2, 0.25) is 0 Å². The van der Waals surface area contributed by atoms with Crippen molar-refractivity contribution >= 4 is 17.4 Å². The van der Waals surface area contributed by atoms with Crippen molar-refractivity contribution in [2.24, 2.45) is 0 Å². The van der Waals surface area contributed by atoms with Crippen LogP contribution in [0.15, 0.2) is 47.2 Å². The third-order valence-electron chi connectivity index (χ3n) is 5.93. The summed E-state index contributed by atoms with van der Waals surface area (Å²) in [6.07, 6.45) is 6.17. The maximum Gasteiger partial charge on any atom is 0.289 e. The zero-order valence-electron chi connectivity index (χ0n) is 16.1. The normalized spacial score (nSPS) is 21.0. The van der Waals surface area contributed by atoms with E-state index in [0.29, 0.717) is 18.8 Å². The van der Waals surface area contributed by atoms with Gasteiger partial charge in [0.2, 0.25) is 0 Å². The highest BCUT2D eigenvalue weighted by atomic mass is 16.3. The Morgan fingerprint density at radius 2 is 1.96 bits per heavy atom. The predicted molar refractivity (Wildman–Crippen MR) is 107 cm³/mol. The number of imidazole rings is 1. The first-order valence-electron chi connectivity index (χ1n) is 9.97. The van der Waals surface area contributed by atoms with E-state index in [1.165, 1.54) is 18.7 Å². The molecule has 1 atom stereocenters. The Kier molecular flexibility index (Phi) is 4.31. The molecule has 7 nitrogen and oxygen atoms in total. The molecule has 5 rings (SSSR count). The fraction of sp³-hybridized carbons (Fsp3) is 0.429. The number of hydrogen-bond acceptors (Lipinski definition) is 5. The summed E-state index contributed by atoms with van der Waals surface area (Å²) in [5.74, 6) is 1.55. The molecule has 2 aliphatic rings. The highest BCUT2D eigenvalue weighted by Gasteiger charge is 2.31. The number of carbonyl (C=O) groups excluding carboxylic acids is 1. The van der Waals surface area contributed by atoms with Crippen LogP contribution in [0.3, 0.4) is 0 Å². The molecule has 0 saturated carbocycles. The van der Waals surface area contributed by atoms with Crippen molar-refractivity contribution in [2.45, 2.75) is 18.9 Å². The van der Waals surface area contributed by atoms with Gasteiger partial charge in [-0.05, 0) is 44.2 Å². The second-order valence-electron chi connectivity index (χ2n) is 7.70. The molecule has 0 aliphatic carbocycles. The first-order chi connectivity index (χ1) is 13.7. The van der Waals surface area contributed by atoms with Crippen molar-refractivity contribution in [3.63, 3.8) is 0 Å². The lowest BCUT2D eigenvalue weighted by Gasteiger charge is -2.38. The average Bonchev–Trinajstić information content (AvgIpc) is 3.48. The molecule has 0 spiro atoms. The molecule has 0 N–H and O–H groups in total. The number of pyridine rings is 1. The number of fused-ring (bicyclic) bond motifs is 1. The second kappa shape index (κ2) is 6.98. The summed E-state index contributed by atoms with van der Waals surface area (Å²) >= 11 is 0. The van der Waals surface area contributed by atoms with E-state index >= 15 is 0 Å². The van der Waals surface area contributed by atoms with E-state index < -0.39 is 0 Å². The lowest BCUT2D eigenvalue weighted by molar-refractivity contribution is 0.0512. The number of likely N-dealkylation sites (N-methyl/N-ethyl adjacent to an activating group) is 1. The minimum absolute atomic E-state index is 0.0513. The lowest BCUT2D eigenvalue weighted by atomic mass is 10.1. The van der Waals surface area contributed by atoms with E-state index in [1.807, 2.05) is 4.90 Å². The number of rotatable bonds is 3. The number of nitrogens with zero attached hydrogens (tertiary/aromatic N) is 5. The fourth-order valence-corrected chi connectivity index (χ4v) is 4.31. The third-order valence-corrected chi connectivity index (χ3v) is 5.93. The topological polar surface area (TPSA) is 57.2 Å². The van der Waals surface area contributed by atoms with Gasteiger partial charge < -0.3 is 14.2 Å². The molecule has 2 saturated heterocycles. The smallest absolute Gasteiger partial charge is 0.289 e. The largest absolute Gasteiger partial charge is 0.459 e. The second-order valence-corrected chi connectivity index (χ2v) is 7.70. The molecule has 5 heterocycles. The van der Waals surface area contributed by atoms with E-state index in [-0.39, 0.29) is 11.9 Å². The summed E-state index contributed by atoms with van der Waals surface area (Å²) in [7, 11) is 2.10. The van der Waals surface area contributed by atoms with Gasteiger partial charge in [0.1, 0.15) is 11.5 Å². The number of anilines is 1. The van der Waals surface area contributed by atoms with Crippen molar-refractivity contribution in [2.75, 3.05) is 44.7 Å². The summed E-state index contributed by atoms with van der Waals surface area (Å²) in [5.41, 5.74) is 1.97. The van der Waals surface area contributed by atoms with Gasteiger partial charge in [-0.3, -0.25) is 14.1 Å². The molecule has 146 valence electrons. The molecule has 2 fully saturated rings. The lowest BCUT2D eigenvalue weighted by Crippen LogP contribution is -2.49. The fourth-order valence-electron chi connectivity index (χ4n) is 4.31. The van der Waals surface area contributed by atoms with Crippen LogP contribution in [0.5, 0.6) is 0 Å². The molecule has 3 aromatic heterocycles. The number of furan rings is 1. The number of piperazine rings is 1. The van der Waals surface area contributed by atoms with Gasteiger partial charge in [0.25, 0.3) is 5.91 Å². The summed E-state index contributed by atoms with van der Waals surface area (Å²) < 4.78 is 7.50. The minimum atomic E-state index is -0.0513. The Balaban J connectivity index is 1.44. The molecule has 0 bridgehead atoms. The number of hydrogen-bond donors (Lipinski definition) is 0. The van der Waals surface area contributed by atoms with E-state index in [9.17, 15) is 4.79 Å². The SMILES string of the molecule is CN1CCN(C(=O)c2ccco2)C[C@@H]1c1cn2c(N3CCCC3)cccc2n1. The number of amides is 1. The van der Waals surface area contributed by atoms with Gasteiger partial charge in [0, 0.05) is 38.9 Å². The molecule has 7 heteroatoms. The maximum atomic E-state index is 12.7. The van der Waals surface area contributed by atoms with Gasteiger partial charge in [0.15, 0.2) is 5.76 Å². The van der Waals surface area contributed by atoms with Gasteiger partial charge in [-0.2, -0.15) is 0 Å². The van der Waals surface area contributed by atoms with E-state index in [2.05, 4.69) is 45.6 Å². The molecule has 0 radical (unpaired) electrons. The first-order valence-corrected chi connectivity index (χ1v) is 9.97. The first kappa shape index (κ1) is 17.3. The quantitative estimate of drug-likeness (QED) is 0.700. The Morgan fingerprint density at radius 3 is 2.75 bits per heavy atom. The van der Waals surface area contributed by atoms with Crippen LogP contribution in [-0.4, -0.2) is 64.9 Å². The highest BCUT2D eigenvalue weighted by Crippen LogP contribution is 2.28. The maximum absolute atomic E-state index is 12.7. The monoisotopic (exact) mass is 379 g/mol. The average molecular weight is 379 g/mol. The summed E-state index contributed by atoms with van der Waals surface area (Å²) in [6.45, 7) is 4.31. The Hall–Kier alpha value is -2.80. The number of aromatic nitrogens is 2. The van der Waals surface area contributed by atoms with Crippen LogP contribution in [0.25, 0.3) is 5.65 Å². The standard InChI is InChI=1S/C21H25N5O2/c1-23-11-12-25(21(27)18-6-5-13-28-18)15-17(23)16-14-26-19(22-16)7-4-8-20(26)24-9-2-3-10-24/h4-8,13-14,17H,2-3,9-12,15H2,1H3/t17-/m1/s1. The van der Waals surface area contributed by atoms with E-state index in [0.717, 1.165) is 31.0 Å². The van der Waals surface area contributed by atoms with Crippen LogP contribution >= 0.6 is 0 Å². The molecular formula is C21H25N5O2. The van der Waals surface area contributed by atoms with E-state index in [1.54, 1.807) is 18.4 Å². The van der Waals surface area contributed by atoms with Crippen molar-refractivity contribution in [1.29, 1.82) is 0 Å². The van der Waals surface area contributed by atoms with Crippen LogP contribution in [-0.2, 0) is 0 Å². The molecule has 2 aliphatic heterocycles. The van der Waals surface area contributed by atoms with Crippen molar-refractivity contribution in [1.82, 2.24) is 19.2 Å². The van der Waals surface area contributed by atoms with Gasteiger partial charge >= 0.3 is 0 Å². The van der Waals surface area contributed by atoms with Crippen LogP contribution in [0.1, 0.15) is 35.1 Å². The van der Waals surface area contributed by atoms with Crippen molar-refractivity contribution in [3.05, 3.63) is 54.2 Å². The van der Waals surface area contributed by atoms with Crippen molar-refractivity contribution < 1.29 is 9.21 Å². The molecular weight excluding hydrogens is 354 g/mol. The van der Waals surface area contributed by atoms with Gasteiger partial charge in [0.05, 0.1) is 18.0 Å². The zero-order valence-corrected chi connectivity index (χ0v) is 16.1. The zero-order chi connectivity index (χ0) is 19.1. The molecule has 1 amide bonds. The Labute approximate surface area is 164 Å². The molecule has 3 aromatic rings. The predicted octanol–water partition coefficient (Wildman–Crippen LogP) is 2.66. The molecule has 0 aromatic carbocycles. The van der Waals surface area contributed by atoms with Gasteiger partial charge in [-0.15, -0.1) is 0 Å². The van der Waals surface area contributed by atoms with Crippen LogP contribution in [0, 0.1) is 0 Å². The third kappa shape index (κ3) is 2.96. The van der Waals surface area contributed by atoms with Crippen molar-refractivity contribution in [3.8, 4) is 0 Å². The highest BCUT2D eigenvalue weighted by molar-refractivity contribution is 5.91. The van der Waals surface area contributed by atoms with Crippen LogP contribution < -0.4 is 4.90 Å². The summed E-state index contributed by atoms with van der Waals surface area (Å²) in [4.78, 5) is 24.2. The minimum Gasteiger partial charge on any atom is -0.459 e. The summed E-state index contributed by atoms with van der Waals surface area (Å²) in [6, 6.07) is 9.85. The van der Waals surface area contributed by atoms with Crippen LogP contribution in [0.4, 0.5) is 5.82 Å². The summed E-state index contributed by atoms with van der Waals surface area (Å²) in [5, 5.41) is 0. The molecule has 28 heavy (non-hydrogen) atoms. The Morgan fingerprint density at radius 1 is 1.11 bits per heavy atom. The molecule has 0 unspecified atom stereocenters. The van der Waals surface area contributed by atoms with Gasteiger partial charge in [-0.1, -0.05) is 6.07 Å². The van der Waals surface area contributed by atoms with Gasteiger partial charge in [-0.25, -0.2) is 4.98 Å². The Bertz CT molecular complexity index is 974.